The molecule has 0 fully saturated rings. The number of aromatic nitrogens is 2. The molecule has 5 heteroatoms. The Hall–Kier alpha value is -1.65. The molecule has 0 aliphatic rings. The van der Waals surface area contributed by atoms with Crippen molar-refractivity contribution in [3.05, 3.63) is 24.0 Å². The summed E-state index contributed by atoms with van der Waals surface area (Å²) in [4.78, 5) is 4.92. The Labute approximate surface area is 170 Å². The Kier molecular flexibility index (Phi) is 10.7. The summed E-state index contributed by atoms with van der Waals surface area (Å²) < 4.78 is 24.5. The lowest BCUT2D eigenvalue weighted by Gasteiger charge is -2.21. The number of alkyl halides is 2. The molecule has 2 rings (SSSR count). The average Bonchev–Trinajstić information content (AvgIpc) is 2.98. The van der Waals surface area contributed by atoms with E-state index in [4.69, 9.17) is 4.98 Å². The van der Waals surface area contributed by atoms with Crippen LogP contribution in [-0.4, -0.2) is 22.5 Å². The molecule has 1 aromatic carbocycles. The SMILES string of the molecule is CC.CC(C)(F)F.CCC(C)CCn1c(C(C)(C)C)nc2cc(NC)ccc21. The second-order valence-corrected chi connectivity index (χ2v) is 8.42. The van der Waals surface area contributed by atoms with Gasteiger partial charge in [-0.25, -0.2) is 13.8 Å². The molecule has 1 heterocycles. The van der Waals surface area contributed by atoms with E-state index in [1.165, 1.54) is 24.2 Å². The van der Waals surface area contributed by atoms with Crippen molar-refractivity contribution in [2.75, 3.05) is 12.4 Å². The van der Waals surface area contributed by atoms with Crippen LogP contribution in [0.15, 0.2) is 18.2 Å². The Balaban J connectivity index is 0.000000906. The van der Waals surface area contributed by atoms with Crippen molar-refractivity contribution in [3.63, 3.8) is 0 Å². The maximum Gasteiger partial charge on any atom is 0.242 e. The number of fused-ring (bicyclic) bond motifs is 1. The van der Waals surface area contributed by atoms with Crippen LogP contribution in [-0.2, 0) is 12.0 Å². The fourth-order valence-corrected chi connectivity index (χ4v) is 2.64. The molecule has 0 radical (unpaired) electrons. The molecule has 1 atom stereocenters. The fraction of sp³-hybridized carbons (Fsp3) is 0.696. The van der Waals surface area contributed by atoms with Crippen LogP contribution in [0, 0.1) is 5.92 Å². The van der Waals surface area contributed by atoms with E-state index in [9.17, 15) is 8.78 Å². The number of anilines is 1. The molecule has 0 saturated heterocycles. The zero-order valence-electron chi connectivity index (χ0n) is 19.6. The number of aryl methyl sites for hydroxylation is 1. The molecule has 28 heavy (non-hydrogen) atoms. The molecular weight excluding hydrogens is 356 g/mol. The topological polar surface area (TPSA) is 29.9 Å². The second-order valence-electron chi connectivity index (χ2n) is 8.42. The van der Waals surface area contributed by atoms with Gasteiger partial charge in [0.1, 0.15) is 5.82 Å². The lowest BCUT2D eigenvalue weighted by atomic mass is 9.95. The molecule has 162 valence electrons. The molecule has 1 N–H and O–H groups in total. The molecule has 1 unspecified atom stereocenters. The third kappa shape index (κ3) is 9.03. The number of halogens is 2. The first kappa shape index (κ1) is 26.4. The van der Waals surface area contributed by atoms with Crippen molar-refractivity contribution in [1.82, 2.24) is 9.55 Å². The van der Waals surface area contributed by atoms with Crippen molar-refractivity contribution in [1.29, 1.82) is 0 Å². The van der Waals surface area contributed by atoms with E-state index in [0.29, 0.717) is 0 Å². The highest BCUT2D eigenvalue weighted by molar-refractivity contribution is 5.80. The zero-order chi connectivity index (χ0) is 22.1. The van der Waals surface area contributed by atoms with Crippen molar-refractivity contribution in [2.24, 2.45) is 5.92 Å². The highest BCUT2D eigenvalue weighted by Gasteiger charge is 2.23. The summed E-state index contributed by atoms with van der Waals surface area (Å²) in [7, 11) is 1.95. The van der Waals surface area contributed by atoms with E-state index in [0.717, 1.165) is 37.5 Å². The summed E-state index contributed by atoms with van der Waals surface area (Å²) in [6.07, 6.45) is 2.44. The molecule has 0 aliphatic carbocycles. The van der Waals surface area contributed by atoms with Crippen LogP contribution in [0.25, 0.3) is 11.0 Å². The van der Waals surface area contributed by atoms with E-state index >= 15 is 0 Å². The zero-order valence-corrected chi connectivity index (χ0v) is 19.6. The smallest absolute Gasteiger partial charge is 0.242 e. The van der Waals surface area contributed by atoms with Gasteiger partial charge in [0.2, 0.25) is 5.92 Å². The number of imidazole rings is 1. The summed E-state index contributed by atoms with van der Waals surface area (Å²) in [6, 6.07) is 6.47. The van der Waals surface area contributed by atoms with Crippen LogP contribution in [0.4, 0.5) is 14.5 Å². The van der Waals surface area contributed by atoms with Gasteiger partial charge in [-0.2, -0.15) is 0 Å². The molecular formula is C23H41F2N3. The van der Waals surface area contributed by atoms with Gasteiger partial charge in [0.15, 0.2) is 0 Å². The highest BCUT2D eigenvalue weighted by Crippen LogP contribution is 2.28. The Morgan fingerprint density at radius 2 is 1.64 bits per heavy atom. The first-order chi connectivity index (χ1) is 12.9. The van der Waals surface area contributed by atoms with Gasteiger partial charge in [-0.3, -0.25) is 0 Å². The molecule has 0 bridgehead atoms. The monoisotopic (exact) mass is 397 g/mol. The number of nitrogens with zero attached hydrogens (tertiary/aromatic N) is 2. The summed E-state index contributed by atoms with van der Waals surface area (Å²) in [5.74, 6) is -0.555. The van der Waals surface area contributed by atoms with E-state index in [-0.39, 0.29) is 5.41 Å². The van der Waals surface area contributed by atoms with E-state index in [1.807, 2.05) is 20.9 Å². The number of nitrogens with one attached hydrogen (secondary N) is 1. The van der Waals surface area contributed by atoms with Crippen LogP contribution >= 0.6 is 0 Å². The van der Waals surface area contributed by atoms with Crippen molar-refractivity contribution < 1.29 is 8.78 Å². The van der Waals surface area contributed by atoms with Crippen LogP contribution in [0.5, 0.6) is 0 Å². The quantitative estimate of drug-likeness (QED) is 0.566. The summed E-state index contributed by atoms with van der Waals surface area (Å²) in [5, 5.41) is 3.20. The van der Waals surface area contributed by atoms with Crippen LogP contribution in [0.3, 0.4) is 0 Å². The molecule has 0 spiro atoms. The minimum absolute atomic E-state index is 0.0638. The normalized spacial score (nSPS) is 12.6. The first-order valence-corrected chi connectivity index (χ1v) is 10.4. The fourth-order valence-electron chi connectivity index (χ4n) is 2.64. The highest BCUT2D eigenvalue weighted by atomic mass is 19.3. The Morgan fingerprint density at radius 3 is 2.07 bits per heavy atom. The summed E-state index contributed by atoms with van der Waals surface area (Å²) >= 11 is 0. The number of hydrogen-bond donors (Lipinski definition) is 1. The molecule has 0 aliphatic heterocycles. The van der Waals surface area contributed by atoms with E-state index in [2.05, 4.69) is 62.7 Å². The standard InChI is InChI=1S/C18H29N3.C3H6F2.C2H6/c1-7-13(2)10-11-21-16-9-8-14(19-6)12-15(16)20-17(21)18(3,4)5;1-3(2,4)5;1-2/h8-9,12-13,19H,7,10-11H2,1-6H3;1-2H3;1-2H3. The van der Waals surface area contributed by atoms with Crippen molar-refractivity contribution in [2.45, 2.75) is 93.0 Å². The van der Waals surface area contributed by atoms with Gasteiger partial charge >= 0.3 is 0 Å². The first-order valence-electron chi connectivity index (χ1n) is 10.4. The minimum Gasteiger partial charge on any atom is -0.388 e. The molecule has 0 saturated carbocycles. The van der Waals surface area contributed by atoms with Gasteiger partial charge in [-0.05, 0) is 44.4 Å². The number of benzene rings is 1. The van der Waals surface area contributed by atoms with Crippen LogP contribution in [0.1, 0.15) is 81.0 Å². The predicted molar refractivity (Wildman–Crippen MR) is 120 cm³/mol. The number of rotatable bonds is 5. The third-order valence-electron chi connectivity index (χ3n) is 4.25. The average molecular weight is 398 g/mol. The van der Waals surface area contributed by atoms with Crippen LogP contribution in [0.2, 0.25) is 0 Å². The molecule has 0 amide bonds. The van der Waals surface area contributed by atoms with E-state index < -0.39 is 5.92 Å². The largest absolute Gasteiger partial charge is 0.388 e. The van der Waals surface area contributed by atoms with Crippen LogP contribution < -0.4 is 5.32 Å². The summed E-state index contributed by atoms with van der Waals surface area (Å²) in [6.45, 7) is 18.1. The van der Waals surface area contributed by atoms with Gasteiger partial charge in [0.05, 0.1) is 11.0 Å². The Bertz CT molecular complexity index is 688. The van der Waals surface area contributed by atoms with Gasteiger partial charge in [-0.1, -0.05) is 54.9 Å². The van der Waals surface area contributed by atoms with Gasteiger partial charge in [0, 0.05) is 24.7 Å². The van der Waals surface area contributed by atoms with E-state index in [1.54, 1.807) is 0 Å². The Morgan fingerprint density at radius 1 is 1.11 bits per heavy atom. The van der Waals surface area contributed by atoms with Crippen molar-refractivity contribution in [3.8, 4) is 0 Å². The second kappa shape index (κ2) is 11.4. The maximum atomic E-state index is 11.0. The molecule has 2 aromatic rings. The third-order valence-corrected chi connectivity index (χ3v) is 4.25. The molecule has 1 aromatic heterocycles. The number of hydrogen-bond acceptors (Lipinski definition) is 2. The van der Waals surface area contributed by atoms with Gasteiger partial charge in [0.25, 0.3) is 0 Å². The maximum absolute atomic E-state index is 11.0. The lowest BCUT2D eigenvalue weighted by Crippen LogP contribution is -2.19. The summed E-state index contributed by atoms with van der Waals surface area (Å²) in [5.41, 5.74) is 3.53. The lowest BCUT2D eigenvalue weighted by molar-refractivity contribution is 0.0437. The minimum atomic E-state index is -2.50. The van der Waals surface area contributed by atoms with Gasteiger partial charge in [-0.15, -0.1) is 0 Å². The van der Waals surface area contributed by atoms with Gasteiger partial charge < -0.3 is 9.88 Å². The predicted octanol–water partition coefficient (Wildman–Crippen LogP) is 7.50. The van der Waals surface area contributed by atoms with Crippen molar-refractivity contribution >= 4 is 16.7 Å². The molecule has 3 nitrogen and oxygen atoms in total.